The Morgan fingerprint density at radius 3 is 2.86 bits per heavy atom. The van der Waals surface area contributed by atoms with Crippen molar-refractivity contribution in [3.63, 3.8) is 0 Å². The van der Waals surface area contributed by atoms with Gasteiger partial charge in [0, 0.05) is 12.3 Å². The molecule has 3 unspecified atom stereocenters. The third kappa shape index (κ3) is 3.77. The van der Waals surface area contributed by atoms with E-state index in [1.165, 1.54) is 12.3 Å². The van der Waals surface area contributed by atoms with Crippen LogP contribution in [-0.2, 0) is 0 Å². The lowest BCUT2D eigenvalue weighted by Crippen LogP contribution is -2.42. The smallest absolute Gasteiger partial charge is 0.248 e. The van der Waals surface area contributed by atoms with E-state index in [0.29, 0.717) is 25.1 Å². The summed E-state index contributed by atoms with van der Waals surface area (Å²) in [7, 11) is 0. The number of carbonyl (C=O) groups is 1. The first-order valence-electron chi connectivity index (χ1n) is 8.01. The van der Waals surface area contributed by atoms with Crippen molar-refractivity contribution in [2.75, 3.05) is 6.61 Å². The van der Waals surface area contributed by atoms with Crippen molar-refractivity contribution in [1.29, 1.82) is 0 Å². The Morgan fingerprint density at radius 2 is 2.18 bits per heavy atom. The largest absolute Gasteiger partial charge is 0.491 e. The molecule has 1 aliphatic carbocycles. The van der Waals surface area contributed by atoms with Crippen LogP contribution in [0.5, 0.6) is 5.75 Å². The Bertz CT molecular complexity index is 564. The van der Waals surface area contributed by atoms with E-state index in [2.05, 4.69) is 4.98 Å². The van der Waals surface area contributed by atoms with Gasteiger partial charge in [0.15, 0.2) is 6.29 Å². The molecule has 1 fully saturated rings. The molecule has 0 spiro atoms. The van der Waals surface area contributed by atoms with E-state index in [4.69, 9.17) is 4.74 Å². The molecule has 0 aromatic carbocycles. The number of H-pyrrole nitrogens is 1. The van der Waals surface area contributed by atoms with Crippen molar-refractivity contribution in [3.8, 4) is 5.75 Å². The van der Waals surface area contributed by atoms with Crippen molar-refractivity contribution >= 4 is 6.29 Å². The number of hydrogen-bond acceptors (Lipinski definition) is 4. The first kappa shape index (κ1) is 16.7. The second kappa shape index (κ2) is 7.09. The average molecular weight is 307 g/mol. The summed E-state index contributed by atoms with van der Waals surface area (Å²) in [4.78, 5) is 24.8. The van der Waals surface area contributed by atoms with Gasteiger partial charge in [0.25, 0.3) is 0 Å². The second-order valence-corrected chi connectivity index (χ2v) is 6.41. The molecule has 0 aliphatic heterocycles. The number of hydrogen-bond donors (Lipinski definition) is 2. The molecule has 1 aliphatic rings. The Balaban J connectivity index is 2.09. The second-order valence-electron chi connectivity index (χ2n) is 6.41. The Morgan fingerprint density at radius 1 is 1.45 bits per heavy atom. The van der Waals surface area contributed by atoms with E-state index < -0.39 is 5.60 Å². The Hall–Kier alpha value is -1.62. The lowest BCUT2D eigenvalue weighted by Gasteiger charge is -2.40. The summed E-state index contributed by atoms with van der Waals surface area (Å²) in [5, 5.41) is 10.6. The van der Waals surface area contributed by atoms with Gasteiger partial charge in [-0.25, -0.2) is 0 Å². The first-order chi connectivity index (χ1) is 10.5. The molecule has 0 bridgehead atoms. The van der Waals surface area contributed by atoms with Gasteiger partial charge in [0.05, 0.1) is 17.8 Å². The first-order valence-corrected chi connectivity index (χ1v) is 8.01. The van der Waals surface area contributed by atoms with Crippen LogP contribution in [0.25, 0.3) is 0 Å². The number of pyridine rings is 1. The summed E-state index contributed by atoms with van der Waals surface area (Å²) in [6, 6.07) is 1.24. The summed E-state index contributed by atoms with van der Waals surface area (Å²) in [6.07, 6.45) is 7.06. The maximum absolute atomic E-state index is 11.2. The molecule has 3 atom stereocenters. The van der Waals surface area contributed by atoms with Crippen molar-refractivity contribution in [2.45, 2.75) is 51.6 Å². The van der Waals surface area contributed by atoms with Gasteiger partial charge in [-0.3, -0.25) is 9.59 Å². The van der Waals surface area contributed by atoms with Crippen LogP contribution in [-0.4, -0.2) is 28.6 Å². The number of aliphatic hydroxyl groups is 1. The topological polar surface area (TPSA) is 79.4 Å². The number of aldehydes is 1. The monoisotopic (exact) mass is 307 g/mol. The molecule has 0 saturated heterocycles. The normalized spacial score (nSPS) is 24.5. The SMILES string of the molecule is CCC(C)(O)C1CCCCC1COc1c[nH]c(=O)cc1C=O. The van der Waals surface area contributed by atoms with Gasteiger partial charge >= 0.3 is 0 Å². The van der Waals surface area contributed by atoms with Crippen molar-refractivity contribution in [1.82, 2.24) is 4.98 Å². The molecule has 22 heavy (non-hydrogen) atoms. The number of ether oxygens (including phenoxy) is 1. The van der Waals surface area contributed by atoms with Crippen LogP contribution in [0, 0.1) is 11.8 Å². The molecule has 5 heteroatoms. The number of rotatable bonds is 6. The number of nitrogens with one attached hydrogen (secondary N) is 1. The summed E-state index contributed by atoms with van der Waals surface area (Å²) in [6.45, 7) is 4.35. The fraction of sp³-hybridized carbons (Fsp3) is 0.647. The minimum atomic E-state index is -0.688. The molecule has 1 heterocycles. The van der Waals surface area contributed by atoms with Crippen LogP contribution in [0.15, 0.2) is 17.1 Å². The summed E-state index contributed by atoms with van der Waals surface area (Å²) < 4.78 is 5.78. The zero-order valence-electron chi connectivity index (χ0n) is 13.3. The lowest BCUT2D eigenvalue weighted by molar-refractivity contribution is -0.0543. The fourth-order valence-corrected chi connectivity index (χ4v) is 3.38. The standard InChI is InChI=1S/C17H25NO4/c1-3-17(2,21)14-7-5-4-6-12(14)11-22-15-9-18-16(20)8-13(15)10-19/h8-10,12,14,21H,3-7,11H2,1-2H3,(H,18,20). The van der Waals surface area contributed by atoms with Gasteiger partial charge in [-0.2, -0.15) is 0 Å². The van der Waals surface area contributed by atoms with Crippen molar-refractivity contribution in [3.05, 3.63) is 28.2 Å². The zero-order chi connectivity index (χ0) is 16.2. The van der Waals surface area contributed by atoms with E-state index in [1.807, 2.05) is 13.8 Å². The van der Waals surface area contributed by atoms with Crippen LogP contribution in [0.2, 0.25) is 0 Å². The lowest BCUT2D eigenvalue weighted by atomic mass is 9.70. The van der Waals surface area contributed by atoms with E-state index in [1.54, 1.807) is 0 Å². The van der Waals surface area contributed by atoms with Gasteiger partial charge in [-0.05, 0) is 38.0 Å². The molecule has 1 aromatic heterocycles. The average Bonchev–Trinajstić information content (AvgIpc) is 2.53. The number of aromatic nitrogens is 1. The molecule has 1 saturated carbocycles. The molecule has 2 N–H and O–H groups in total. The van der Waals surface area contributed by atoms with Crippen LogP contribution in [0.1, 0.15) is 56.3 Å². The van der Waals surface area contributed by atoms with Gasteiger partial charge in [-0.15, -0.1) is 0 Å². The minimum absolute atomic E-state index is 0.202. The van der Waals surface area contributed by atoms with E-state index in [-0.39, 0.29) is 23.0 Å². The van der Waals surface area contributed by atoms with Crippen LogP contribution < -0.4 is 10.3 Å². The predicted molar refractivity (Wildman–Crippen MR) is 84.3 cm³/mol. The van der Waals surface area contributed by atoms with Gasteiger partial charge < -0.3 is 14.8 Å². The highest BCUT2D eigenvalue weighted by atomic mass is 16.5. The third-order valence-electron chi connectivity index (χ3n) is 4.92. The van der Waals surface area contributed by atoms with E-state index in [9.17, 15) is 14.7 Å². The van der Waals surface area contributed by atoms with Crippen molar-refractivity contribution in [2.24, 2.45) is 11.8 Å². The van der Waals surface area contributed by atoms with Crippen LogP contribution in [0.3, 0.4) is 0 Å². The summed E-state index contributed by atoms with van der Waals surface area (Å²) in [5.41, 5.74) is -0.746. The van der Waals surface area contributed by atoms with Crippen molar-refractivity contribution < 1.29 is 14.6 Å². The molecule has 0 radical (unpaired) electrons. The highest BCUT2D eigenvalue weighted by Crippen LogP contribution is 2.39. The maximum atomic E-state index is 11.2. The van der Waals surface area contributed by atoms with Gasteiger partial charge in [0.1, 0.15) is 5.75 Å². The number of aromatic amines is 1. The highest BCUT2D eigenvalue weighted by molar-refractivity contribution is 5.78. The van der Waals surface area contributed by atoms with Crippen LogP contribution >= 0.6 is 0 Å². The Kier molecular flexibility index (Phi) is 5.40. The molecule has 1 aromatic rings. The maximum Gasteiger partial charge on any atom is 0.248 e. The summed E-state index contributed by atoms with van der Waals surface area (Å²) >= 11 is 0. The molecular weight excluding hydrogens is 282 g/mol. The van der Waals surface area contributed by atoms with Gasteiger partial charge in [-0.1, -0.05) is 19.8 Å². The highest BCUT2D eigenvalue weighted by Gasteiger charge is 2.38. The summed E-state index contributed by atoms with van der Waals surface area (Å²) in [5.74, 6) is 0.860. The minimum Gasteiger partial charge on any atom is -0.491 e. The molecule has 5 nitrogen and oxygen atoms in total. The molecular formula is C17H25NO4. The third-order valence-corrected chi connectivity index (χ3v) is 4.92. The molecule has 122 valence electrons. The van der Waals surface area contributed by atoms with Crippen LogP contribution in [0.4, 0.5) is 0 Å². The zero-order valence-corrected chi connectivity index (χ0v) is 13.3. The molecule has 2 rings (SSSR count). The van der Waals surface area contributed by atoms with E-state index in [0.717, 1.165) is 25.7 Å². The fourth-order valence-electron chi connectivity index (χ4n) is 3.38. The quantitative estimate of drug-likeness (QED) is 0.792. The Labute approximate surface area is 130 Å². The molecule has 0 amide bonds. The van der Waals surface area contributed by atoms with E-state index >= 15 is 0 Å². The van der Waals surface area contributed by atoms with Gasteiger partial charge in [0.2, 0.25) is 5.56 Å². The predicted octanol–water partition coefficient (Wildman–Crippen LogP) is 2.53. The number of carbonyl (C=O) groups excluding carboxylic acids is 1.